The van der Waals surface area contributed by atoms with Gasteiger partial charge in [0.1, 0.15) is 0 Å². The molecule has 1 aliphatic heterocycles. The number of benzene rings is 1. The molecule has 0 bridgehead atoms. The van der Waals surface area contributed by atoms with Crippen LogP contribution in [0.25, 0.3) is 0 Å². The number of rotatable bonds is 2. The van der Waals surface area contributed by atoms with Crippen molar-refractivity contribution in [3.05, 3.63) is 23.2 Å². The van der Waals surface area contributed by atoms with E-state index in [4.69, 9.17) is 17.3 Å². The summed E-state index contributed by atoms with van der Waals surface area (Å²) < 4.78 is 2.36. The Bertz CT molecular complexity index is 324. The number of anilines is 1. The SMILES string of the molecule is Nc1cc(SN2CCCC2)ccc1Cl. The highest BCUT2D eigenvalue weighted by Crippen LogP contribution is 2.30. The topological polar surface area (TPSA) is 29.3 Å². The third kappa shape index (κ3) is 2.35. The van der Waals surface area contributed by atoms with Gasteiger partial charge in [-0.25, -0.2) is 4.31 Å². The maximum Gasteiger partial charge on any atom is 0.0636 e. The van der Waals surface area contributed by atoms with E-state index in [1.165, 1.54) is 30.8 Å². The summed E-state index contributed by atoms with van der Waals surface area (Å²) in [6.45, 7) is 2.35. The van der Waals surface area contributed by atoms with Crippen molar-refractivity contribution < 1.29 is 0 Å². The summed E-state index contributed by atoms with van der Waals surface area (Å²) in [7, 11) is 0. The Labute approximate surface area is 93.5 Å². The van der Waals surface area contributed by atoms with Crippen molar-refractivity contribution in [2.45, 2.75) is 17.7 Å². The summed E-state index contributed by atoms with van der Waals surface area (Å²) in [6.07, 6.45) is 2.60. The molecule has 2 nitrogen and oxygen atoms in total. The fourth-order valence-corrected chi connectivity index (χ4v) is 2.67. The molecule has 1 fully saturated rings. The lowest BCUT2D eigenvalue weighted by molar-refractivity contribution is 0.586. The van der Waals surface area contributed by atoms with Crippen molar-refractivity contribution in [2.24, 2.45) is 0 Å². The molecule has 2 N–H and O–H groups in total. The molecule has 0 unspecified atom stereocenters. The average Bonchev–Trinajstić information content (AvgIpc) is 2.64. The lowest BCUT2D eigenvalue weighted by Crippen LogP contribution is -2.08. The maximum atomic E-state index is 5.85. The highest BCUT2D eigenvalue weighted by molar-refractivity contribution is 7.97. The first-order chi connectivity index (χ1) is 6.75. The number of nitrogen functional groups attached to an aromatic ring is 1. The highest BCUT2D eigenvalue weighted by atomic mass is 35.5. The van der Waals surface area contributed by atoms with Gasteiger partial charge in [0.05, 0.1) is 10.7 Å². The van der Waals surface area contributed by atoms with E-state index >= 15 is 0 Å². The highest BCUT2D eigenvalue weighted by Gasteiger charge is 2.12. The lowest BCUT2D eigenvalue weighted by atomic mass is 10.3. The van der Waals surface area contributed by atoms with Crippen molar-refractivity contribution in [1.29, 1.82) is 0 Å². The van der Waals surface area contributed by atoms with Crippen LogP contribution < -0.4 is 5.73 Å². The first-order valence-electron chi connectivity index (χ1n) is 4.73. The van der Waals surface area contributed by atoms with E-state index in [0.717, 1.165) is 0 Å². The van der Waals surface area contributed by atoms with Crippen LogP contribution in [0.1, 0.15) is 12.8 Å². The van der Waals surface area contributed by atoms with Gasteiger partial charge in [0.2, 0.25) is 0 Å². The van der Waals surface area contributed by atoms with Crippen molar-refractivity contribution in [3.63, 3.8) is 0 Å². The molecule has 0 radical (unpaired) electrons. The molecule has 76 valence electrons. The predicted molar refractivity (Wildman–Crippen MR) is 62.5 cm³/mol. The van der Waals surface area contributed by atoms with Gasteiger partial charge in [-0.3, -0.25) is 0 Å². The summed E-state index contributed by atoms with van der Waals surface area (Å²) in [4.78, 5) is 1.17. The van der Waals surface area contributed by atoms with Gasteiger partial charge in [-0.15, -0.1) is 0 Å². The number of hydrogen-bond donors (Lipinski definition) is 1. The van der Waals surface area contributed by atoms with Crippen LogP contribution in [-0.4, -0.2) is 17.4 Å². The number of nitrogens with two attached hydrogens (primary N) is 1. The van der Waals surface area contributed by atoms with Gasteiger partial charge in [0.15, 0.2) is 0 Å². The van der Waals surface area contributed by atoms with E-state index in [2.05, 4.69) is 4.31 Å². The van der Waals surface area contributed by atoms with Gasteiger partial charge in [-0.05, 0) is 43.0 Å². The fraction of sp³-hybridized carbons (Fsp3) is 0.400. The molecule has 0 saturated carbocycles. The minimum atomic E-state index is 0.635. The predicted octanol–water partition coefficient (Wildman–Crippen LogP) is 3.03. The molecule has 0 atom stereocenters. The van der Waals surface area contributed by atoms with Crippen LogP contribution in [0.3, 0.4) is 0 Å². The maximum absolute atomic E-state index is 5.85. The Balaban J connectivity index is 2.05. The molecule has 0 amide bonds. The van der Waals surface area contributed by atoms with E-state index in [0.29, 0.717) is 10.7 Å². The number of nitrogens with zero attached hydrogens (tertiary/aromatic N) is 1. The third-order valence-corrected chi connectivity index (χ3v) is 3.70. The van der Waals surface area contributed by atoms with E-state index in [1.54, 1.807) is 11.9 Å². The van der Waals surface area contributed by atoms with Crippen LogP contribution >= 0.6 is 23.5 Å². The Hall–Kier alpha value is -0.380. The molecule has 0 aromatic heterocycles. The van der Waals surface area contributed by atoms with E-state index in [9.17, 15) is 0 Å². The minimum Gasteiger partial charge on any atom is -0.397 e. The largest absolute Gasteiger partial charge is 0.397 e. The molecule has 1 aromatic rings. The van der Waals surface area contributed by atoms with Crippen LogP contribution in [0.15, 0.2) is 23.1 Å². The standard InChI is InChI=1S/C10H13ClN2S/c11-9-4-3-8(7-10(9)12)14-13-5-1-2-6-13/h3-4,7H,1-2,5-6,12H2. The van der Waals surface area contributed by atoms with Crippen LogP contribution in [-0.2, 0) is 0 Å². The number of halogens is 1. The van der Waals surface area contributed by atoms with Crippen LogP contribution in [0, 0.1) is 0 Å². The molecular weight excluding hydrogens is 216 g/mol. The zero-order valence-corrected chi connectivity index (χ0v) is 9.44. The van der Waals surface area contributed by atoms with Crippen LogP contribution in [0.5, 0.6) is 0 Å². The van der Waals surface area contributed by atoms with Crippen molar-refractivity contribution in [3.8, 4) is 0 Å². The van der Waals surface area contributed by atoms with Gasteiger partial charge in [-0.2, -0.15) is 0 Å². The molecule has 1 saturated heterocycles. The van der Waals surface area contributed by atoms with Gasteiger partial charge in [-0.1, -0.05) is 11.6 Å². The third-order valence-electron chi connectivity index (χ3n) is 2.27. The lowest BCUT2D eigenvalue weighted by Gasteiger charge is -2.13. The van der Waals surface area contributed by atoms with E-state index < -0.39 is 0 Å². The van der Waals surface area contributed by atoms with Gasteiger partial charge < -0.3 is 5.73 Å². The second-order valence-corrected chi connectivity index (χ2v) is 4.99. The average molecular weight is 229 g/mol. The Morgan fingerprint density at radius 2 is 2.00 bits per heavy atom. The zero-order valence-electron chi connectivity index (χ0n) is 7.87. The molecule has 1 aliphatic rings. The summed E-state index contributed by atoms with van der Waals surface area (Å²) in [5.41, 5.74) is 6.39. The van der Waals surface area contributed by atoms with Crippen molar-refractivity contribution in [2.75, 3.05) is 18.8 Å². The van der Waals surface area contributed by atoms with Gasteiger partial charge in [0, 0.05) is 18.0 Å². The van der Waals surface area contributed by atoms with E-state index in [-0.39, 0.29) is 0 Å². The first kappa shape index (κ1) is 10.1. The zero-order chi connectivity index (χ0) is 9.97. The molecule has 1 heterocycles. The second-order valence-electron chi connectivity index (χ2n) is 3.41. The first-order valence-corrected chi connectivity index (χ1v) is 5.89. The van der Waals surface area contributed by atoms with Crippen molar-refractivity contribution >= 4 is 29.2 Å². The molecule has 14 heavy (non-hydrogen) atoms. The summed E-state index contributed by atoms with van der Waals surface area (Å²) in [5.74, 6) is 0. The molecule has 1 aromatic carbocycles. The summed E-state index contributed by atoms with van der Waals surface area (Å²) in [6, 6.07) is 5.81. The molecular formula is C10H13ClN2S. The van der Waals surface area contributed by atoms with Gasteiger partial charge in [0.25, 0.3) is 0 Å². The van der Waals surface area contributed by atoms with E-state index in [1.807, 2.05) is 18.2 Å². The smallest absolute Gasteiger partial charge is 0.0636 e. The van der Waals surface area contributed by atoms with Crippen molar-refractivity contribution in [1.82, 2.24) is 4.31 Å². The Morgan fingerprint density at radius 3 is 2.64 bits per heavy atom. The molecule has 0 spiro atoms. The Morgan fingerprint density at radius 1 is 1.29 bits per heavy atom. The van der Waals surface area contributed by atoms with Gasteiger partial charge >= 0.3 is 0 Å². The van der Waals surface area contributed by atoms with Crippen LogP contribution in [0.4, 0.5) is 5.69 Å². The molecule has 2 rings (SSSR count). The number of hydrogen-bond acceptors (Lipinski definition) is 3. The summed E-state index contributed by atoms with van der Waals surface area (Å²) in [5, 5.41) is 0.635. The Kier molecular flexibility index (Phi) is 3.21. The normalized spacial score (nSPS) is 17.5. The second kappa shape index (κ2) is 4.43. The summed E-state index contributed by atoms with van der Waals surface area (Å²) >= 11 is 7.62. The monoisotopic (exact) mass is 228 g/mol. The molecule has 0 aliphatic carbocycles. The fourth-order valence-electron chi connectivity index (χ4n) is 1.51. The quantitative estimate of drug-likeness (QED) is 0.623. The van der Waals surface area contributed by atoms with Crippen LogP contribution in [0.2, 0.25) is 5.02 Å². The minimum absolute atomic E-state index is 0.635. The molecule has 4 heteroatoms.